The molecule has 0 unspecified atom stereocenters. The minimum Gasteiger partial charge on any atom is -0.276 e. The van der Waals surface area contributed by atoms with Gasteiger partial charge in [0.2, 0.25) is 0 Å². The highest BCUT2D eigenvalue weighted by Gasteiger charge is 2.03. The first-order valence-electron chi connectivity index (χ1n) is 3.71. The summed E-state index contributed by atoms with van der Waals surface area (Å²) in [5, 5.41) is 0. The van der Waals surface area contributed by atoms with Crippen molar-refractivity contribution in [3.63, 3.8) is 0 Å². The molecule has 0 amide bonds. The maximum absolute atomic E-state index is 11.4. The number of aryl methyl sites for hydroxylation is 1. The molecular formula is C9H10N2O2. The molecule has 68 valence electrons. The second-order valence-corrected chi connectivity index (χ2v) is 2.54. The van der Waals surface area contributed by atoms with Gasteiger partial charge in [0, 0.05) is 24.2 Å². The summed E-state index contributed by atoms with van der Waals surface area (Å²) in [5.41, 5.74) is -0.335. The molecule has 0 spiro atoms. The Balaban J connectivity index is 3.78. The second kappa shape index (κ2) is 3.26. The van der Waals surface area contributed by atoms with Crippen molar-refractivity contribution in [2.45, 2.75) is 6.92 Å². The van der Waals surface area contributed by atoms with E-state index < -0.39 is 5.69 Å². The van der Waals surface area contributed by atoms with Crippen molar-refractivity contribution in [2.24, 2.45) is 0 Å². The largest absolute Gasteiger partial charge is 0.339 e. The third-order valence-corrected chi connectivity index (χ3v) is 1.70. The Morgan fingerprint density at radius 3 is 2.38 bits per heavy atom. The van der Waals surface area contributed by atoms with E-state index in [4.69, 9.17) is 0 Å². The standard InChI is InChI=1S/C9H10N2O2/c1-4-10-6-7(3)8(12)11(5-2)9(10)13/h4-6H,1-2H2,3H3. The van der Waals surface area contributed by atoms with Gasteiger partial charge in [-0.15, -0.1) is 0 Å². The maximum Gasteiger partial charge on any atom is 0.339 e. The van der Waals surface area contributed by atoms with Crippen LogP contribution in [-0.2, 0) is 0 Å². The van der Waals surface area contributed by atoms with Crippen LogP contribution in [0.4, 0.5) is 0 Å². The summed E-state index contributed by atoms with van der Waals surface area (Å²) in [7, 11) is 0. The Morgan fingerprint density at radius 2 is 1.92 bits per heavy atom. The zero-order valence-corrected chi connectivity index (χ0v) is 7.36. The van der Waals surface area contributed by atoms with E-state index in [-0.39, 0.29) is 5.56 Å². The fraction of sp³-hybridized carbons (Fsp3) is 0.111. The minimum absolute atomic E-state index is 0.349. The SMILES string of the molecule is C=Cn1cc(C)c(=O)n(C=C)c1=O. The molecule has 0 aromatic carbocycles. The topological polar surface area (TPSA) is 44.0 Å². The predicted molar refractivity (Wildman–Crippen MR) is 52.5 cm³/mol. The van der Waals surface area contributed by atoms with Crippen molar-refractivity contribution < 1.29 is 0 Å². The molecular weight excluding hydrogens is 168 g/mol. The van der Waals surface area contributed by atoms with Gasteiger partial charge in [0.1, 0.15) is 0 Å². The van der Waals surface area contributed by atoms with Gasteiger partial charge in [-0.3, -0.25) is 9.36 Å². The molecule has 0 saturated heterocycles. The highest BCUT2D eigenvalue weighted by Crippen LogP contribution is 1.86. The Morgan fingerprint density at radius 1 is 1.31 bits per heavy atom. The Hall–Kier alpha value is -1.84. The van der Waals surface area contributed by atoms with Gasteiger partial charge in [0.05, 0.1) is 0 Å². The van der Waals surface area contributed by atoms with Gasteiger partial charge in [-0.1, -0.05) is 13.2 Å². The molecule has 0 radical (unpaired) electrons. The van der Waals surface area contributed by atoms with E-state index in [2.05, 4.69) is 13.2 Å². The van der Waals surface area contributed by atoms with Gasteiger partial charge in [0.25, 0.3) is 5.56 Å². The molecule has 0 N–H and O–H groups in total. The van der Waals surface area contributed by atoms with Gasteiger partial charge < -0.3 is 0 Å². The van der Waals surface area contributed by atoms with Crippen LogP contribution in [0, 0.1) is 6.92 Å². The first kappa shape index (κ1) is 9.25. The number of hydrogen-bond donors (Lipinski definition) is 0. The van der Waals surface area contributed by atoms with Gasteiger partial charge in [-0.25, -0.2) is 9.36 Å². The second-order valence-electron chi connectivity index (χ2n) is 2.54. The number of aromatic nitrogens is 2. The molecule has 0 atom stereocenters. The molecule has 4 heteroatoms. The van der Waals surface area contributed by atoms with Gasteiger partial charge >= 0.3 is 5.69 Å². The average molecular weight is 178 g/mol. The molecule has 13 heavy (non-hydrogen) atoms. The summed E-state index contributed by atoms with van der Waals surface area (Å²) in [6.07, 6.45) is 3.98. The van der Waals surface area contributed by atoms with E-state index in [0.29, 0.717) is 5.56 Å². The number of rotatable bonds is 2. The number of nitrogens with zero attached hydrogens (tertiary/aromatic N) is 2. The van der Waals surface area contributed by atoms with E-state index in [1.165, 1.54) is 23.2 Å². The predicted octanol–water partition coefficient (Wildman–Crippen LogP) is 0.519. The van der Waals surface area contributed by atoms with Crippen LogP contribution in [0.3, 0.4) is 0 Å². The molecule has 4 nitrogen and oxygen atoms in total. The first-order chi connectivity index (χ1) is 6.11. The normalized spacial score (nSPS) is 9.62. The fourth-order valence-electron chi connectivity index (χ4n) is 1.01. The smallest absolute Gasteiger partial charge is 0.276 e. The van der Waals surface area contributed by atoms with Crippen LogP contribution >= 0.6 is 0 Å². The van der Waals surface area contributed by atoms with Crippen molar-refractivity contribution in [3.8, 4) is 0 Å². The van der Waals surface area contributed by atoms with Crippen molar-refractivity contribution >= 4 is 12.4 Å². The van der Waals surface area contributed by atoms with Crippen molar-refractivity contribution in [3.05, 3.63) is 45.8 Å². The van der Waals surface area contributed by atoms with Crippen molar-refractivity contribution in [1.82, 2.24) is 9.13 Å². The Labute approximate surface area is 75.1 Å². The number of hydrogen-bond acceptors (Lipinski definition) is 2. The van der Waals surface area contributed by atoms with E-state index >= 15 is 0 Å². The summed E-state index contributed by atoms with van der Waals surface area (Å²) >= 11 is 0. The van der Waals surface area contributed by atoms with Crippen LogP contribution in [0.25, 0.3) is 12.4 Å². The Kier molecular flexibility index (Phi) is 2.32. The molecule has 0 aliphatic carbocycles. The van der Waals surface area contributed by atoms with Crippen molar-refractivity contribution in [1.29, 1.82) is 0 Å². The molecule has 1 rings (SSSR count). The van der Waals surface area contributed by atoms with Crippen LogP contribution in [0.15, 0.2) is 28.9 Å². The molecule has 0 bridgehead atoms. The summed E-state index contributed by atoms with van der Waals surface area (Å²) in [5.74, 6) is 0. The minimum atomic E-state index is -0.458. The highest BCUT2D eigenvalue weighted by atomic mass is 16.2. The zero-order chi connectivity index (χ0) is 10.0. The maximum atomic E-state index is 11.4. The Bertz CT molecular complexity index is 465. The van der Waals surface area contributed by atoms with Crippen LogP contribution in [0.5, 0.6) is 0 Å². The van der Waals surface area contributed by atoms with Crippen LogP contribution in [0.2, 0.25) is 0 Å². The van der Waals surface area contributed by atoms with E-state index in [1.54, 1.807) is 6.92 Å². The third-order valence-electron chi connectivity index (χ3n) is 1.70. The molecule has 1 aromatic rings. The fourth-order valence-corrected chi connectivity index (χ4v) is 1.01. The van der Waals surface area contributed by atoms with E-state index in [9.17, 15) is 9.59 Å². The van der Waals surface area contributed by atoms with Gasteiger partial charge in [0.15, 0.2) is 0 Å². The molecule has 0 aliphatic heterocycles. The van der Waals surface area contributed by atoms with Crippen LogP contribution in [-0.4, -0.2) is 9.13 Å². The van der Waals surface area contributed by atoms with Crippen LogP contribution < -0.4 is 11.2 Å². The lowest BCUT2D eigenvalue weighted by molar-refractivity contribution is 0.843. The van der Waals surface area contributed by atoms with Gasteiger partial charge in [-0.2, -0.15) is 0 Å². The molecule has 0 saturated carbocycles. The first-order valence-corrected chi connectivity index (χ1v) is 3.71. The van der Waals surface area contributed by atoms with E-state index in [1.807, 2.05) is 0 Å². The monoisotopic (exact) mass is 178 g/mol. The summed E-state index contributed by atoms with van der Waals surface area (Å²) < 4.78 is 2.18. The summed E-state index contributed by atoms with van der Waals surface area (Å²) in [6.45, 7) is 8.46. The van der Waals surface area contributed by atoms with E-state index in [0.717, 1.165) is 4.57 Å². The lowest BCUT2D eigenvalue weighted by atomic mass is 10.4. The molecule has 0 aliphatic rings. The molecule has 1 heterocycles. The zero-order valence-electron chi connectivity index (χ0n) is 7.36. The average Bonchev–Trinajstić information content (AvgIpc) is 2.12. The summed E-state index contributed by atoms with van der Waals surface area (Å²) in [4.78, 5) is 22.7. The molecule has 0 fully saturated rings. The highest BCUT2D eigenvalue weighted by molar-refractivity contribution is 5.24. The summed E-state index contributed by atoms with van der Waals surface area (Å²) in [6, 6.07) is 0. The van der Waals surface area contributed by atoms with Crippen LogP contribution in [0.1, 0.15) is 5.56 Å². The lowest BCUT2D eigenvalue weighted by Gasteiger charge is -2.03. The lowest BCUT2D eigenvalue weighted by Crippen LogP contribution is -2.36. The molecule has 1 aromatic heterocycles. The third kappa shape index (κ3) is 1.38. The quantitative estimate of drug-likeness (QED) is 0.662. The van der Waals surface area contributed by atoms with Crippen molar-refractivity contribution in [2.75, 3.05) is 0 Å². The van der Waals surface area contributed by atoms with Gasteiger partial charge in [-0.05, 0) is 6.92 Å².